The Labute approximate surface area is 199 Å². The number of aliphatic carboxylic acids is 2. The molecule has 1 fully saturated rings. The second kappa shape index (κ2) is 18.4. The van der Waals surface area contributed by atoms with Crippen LogP contribution in [0.4, 0.5) is 0 Å². The molecule has 0 aromatic heterocycles. The zero-order chi connectivity index (χ0) is 23.6. The molecule has 5 nitrogen and oxygen atoms in total. The molecule has 3 atom stereocenters. The highest BCUT2D eigenvalue weighted by Crippen LogP contribution is 2.38. The van der Waals surface area contributed by atoms with Gasteiger partial charge in [-0.2, -0.15) is 0 Å². The van der Waals surface area contributed by atoms with Crippen molar-refractivity contribution in [3.05, 3.63) is 11.6 Å². The summed E-state index contributed by atoms with van der Waals surface area (Å²) in [5.74, 6) is -2.18. The lowest BCUT2D eigenvalue weighted by Gasteiger charge is -2.36. The van der Waals surface area contributed by atoms with Gasteiger partial charge in [0, 0.05) is 0 Å². The summed E-state index contributed by atoms with van der Waals surface area (Å²) in [4.78, 5) is 22.1. The number of carboxylic acid groups (broad SMARTS) is 2. The van der Waals surface area contributed by atoms with Crippen LogP contribution in [0.2, 0.25) is 0 Å². The summed E-state index contributed by atoms with van der Waals surface area (Å²) in [7, 11) is 0. The van der Waals surface area contributed by atoms with Crippen LogP contribution in [0, 0.1) is 5.92 Å². The van der Waals surface area contributed by atoms with Crippen molar-refractivity contribution in [1.29, 1.82) is 0 Å². The molecule has 6 heteroatoms. The SMILES string of the molecule is CCCCCCCCCCCCCCC/C=C1\CC[C@@H](CC(=O)O)[C@H](O)[C@H]1SCC(=O)O. The average molecular weight is 471 g/mol. The molecule has 0 bridgehead atoms. The van der Waals surface area contributed by atoms with Gasteiger partial charge in [-0.3, -0.25) is 9.59 Å². The molecule has 1 saturated carbocycles. The standard InChI is InChI=1S/C26H46O5S/c1-2-3-4-5-6-7-8-9-10-11-12-13-14-15-16-21-17-18-22(19-23(27)28)25(31)26(21)32-20-24(29)30/h16,22,25-26,31H,2-15,17-20H2,1H3,(H,27,28)(H,29,30)/b21-16+/t22-,25-,26-/m0/s1. The van der Waals surface area contributed by atoms with E-state index in [9.17, 15) is 14.7 Å². The Morgan fingerprint density at radius 1 is 0.875 bits per heavy atom. The van der Waals surface area contributed by atoms with E-state index in [1.54, 1.807) is 0 Å². The molecule has 3 N–H and O–H groups in total. The number of unbranched alkanes of at least 4 members (excludes halogenated alkanes) is 13. The van der Waals surface area contributed by atoms with E-state index in [-0.39, 0.29) is 23.3 Å². The Bertz CT molecular complexity index is 548. The molecule has 186 valence electrons. The topological polar surface area (TPSA) is 94.8 Å². The Morgan fingerprint density at radius 2 is 1.41 bits per heavy atom. The lowest BCUT2D eigenvalue weighted by molar-refractivity contribution is -0.139. The third-order valence-electron chi connectivity index (χ3n) is 6.50. The number of rotatable bonds is 19. The van der Waals surface area contributed by atoms with Crippen LogP contribution in [-0.4, -0.2) is 44.4 Å². The van der Waals surface area contributed by atoms with Crippen LogP contribution in [0.1, 0.15) is 116 Å². The summed E-state index contributed by atoms with van der Waals surface area (Å²) >= 11 is 1.23. The van der Waals surface area contributed by atoms with Gasteiger partial charge in [0.25, 0.3) is 0 Å². The van der Waals surface area contributed by atoms with Crippen LogP contribution in [0.3, 0.4) is 0 Å². The molecule has 32 heavy (non-hydrogen) atoms. The van der Waals surface area contributed by atoms with Gasteiger partial charge >= 0.3 is 11.9 Å². The number of aliphatic hydroxyl groups excluding tert-OH is 1. The van der Waals surface area contributed by atoms with Crippen molar-refractivity contribution in [2.24, 2.45) is 5.92 Å². The lowest BCUT2D eigenvalue weighted by atomic mass is 9.80. The minimum Gasteiger partial charge on any atom is -0.481 e. The van der Waals surface area contributed by atoms with Gasteiger partial charge in [-0.05, 0) is 31.6 Å². The highest BCUT2D eigenvalue weighted by atomic mass is 32.2. The van der Waals surface area contributed by atoms with E-state index in [0.29, 0.717) is 6.42 Å². The van der Waals surface area contributed by atoms with E-state index in [4.69, 9.17) is 10.2 Å². The van der Waals surface area contributed by atoms with Crippen molar-refractivity contribution in [3.63, 3.8) is 0 Å². The van der Waals surface area contributed by atoms with Gasteiger partial charge in [-0.15, -0.1) is 11.8 Å². The molecule has 1 aliphatic rings. The number of aliphatic hydroxyl groups is 1. The number of thioether (sulfide) groups is 1. The highest BCUT2D eigenvalue weighted by Gasteiger charge is 2.36. The largest absolute Gasteiger partial charge is 0.481 e. The summed E-state index contributed by atoms with van der Waals surface area (Å²) in [6.07, 6.45) is 20.9. The minimum absolute atomic E-state index is 0.0581. The smallest absolute Gasteiger partial charge is 0.313 e. The van der Waals surface area contributed by atoms with Crippen molar-refractivity contribution in [1.82, 2.24) is 0 Å². The second-order valence-corrected chi connectivity index (χ2v) is 10.5. The molecule has 1 rings (SSSR count). The zero-order valence-electron chi connectivity index (χ0n) is 20.1. The fraction of sp³-hybridized carbons (Fsp3) is 0.846. The first-order chi connectivity index (χ1) is 15.5. The molecule has 0 unspecified atom stereocenters. The molecule has 0 aliphatic heterocycles. The number of carbonyl (C=O) groups is 2. The summed E-state index contributed by atoms with van der Waals surface area (Å²) in [6, 6.07) is 0. The fourth-order valence-electron chi connectivity index (χ4n) is 4.61. The summed E-state index contributed by atoms with van der Waals surface area (Å²) in [5, 5.41) is 28.4. The van der Waals surface area contributed by atoms with Crippen molar-refractivity contribution in [3.8, 4) is 0 Å². The number of hydrogen-bond acceptors (Lipinski definition) is 4. The first-order valence-electron chi connectivity index (χ1n) is 12.9. The first-order valence-corrected chi connectivity index (χ1v) is 13.9. The number of carboxylic acids is 2. The van der Waals surface area contributed by atoms with Crippen LogP contribution in [0.15, 0.2) is 11.6 Å². The first kappa shape index (κ1) is 29.0. The summed E-state index contributed by atoms with van der Waals surface area (Å²) < 4.78 is 0. The van der Waals surface area contributed by atoms with E-state index in [1.807, 2.05) is 0 Å². The van der Waals surface area contributed by atoms with E-state index >= 15 is 0 Å². The predicted molar refractivity (Wildman–Crippen MR) is 133 cm³/mol. The van der Waals surface area contributed by atoms with Gasteiger partial charge in [0.2, 0.25) is 0 Å². The van der Waals surface area contributed by atoms with Gasteiger partial charge in [0.1, 0.15) is 0 Å². The molecule has 0 radical (unpaired) electrons. The molecule has 0 aromatic carbocycles. The molecular weight excluding hydrogens is 424 g/mol. The van der Waals surface area contributed by atoms with Gasteiger partial charge in [-0.1, -0.05) is 95.6 Å². The minimum atomic E-state index is -0.907. The third-order valence-corrected chi connectivity index (χ3v) is 7.85. The van der Waals surface area contributed by atoms with E-state index < -0.39 is 18.0 Å². The number of allylic oxidation sites excluding steroid dienone is 1. The van der Waals surface area contributed by atoms with Crippen LogP contribution in [0.5, 0.6) is 0 Å². The van der Waals surface area contributed by atoms with Crippen LogP contribution in [0.25, 0.3) is 0 Å². The maximum Gasteiger partial charge on any atom is 0.313 e. The molecule has 0 spiro atoms. The Hall–Kier alpha value is -1.01. The quantitative estimate of drug-likeness (QED) is 0.141. The highest BCUT2D eigenvalue weighted by molar-refractivity contribution is 8.00. The Balaban J connectivity index is 2.22. The van der Waals surface area contributed by atoms with Gasteiger partial charge in [0.05, 0.1) is 23.5 Å². The number of hydrogen-bond donors (Lipinski definition) is 3. The van der Waals surface area contributed by atoms with Crippen molar-refractivity contribution in [2.45, 2.75) is 127 Å². The normalized spacial score (nSPS) is 22.3. The Kier molecular flexibility index (Phi) is 16.7. The van der Waals surface area contributed by atoms with Crippen molar-refractivity contribution >= 4 is 23.7 Å². The molecule has 0 amide bonds. The Morgan fingerprint density at radius 3 is 1.91 bits per heavy atom. The summed E-state index contributed by atoms with van der Waals surface area (Å²) in [6.45, 7) is 2.26. The van der Waals surface area contributed by atoms with Gasteiger partial charge < -0.3 is 15.3 Å². The predicted octanol–water partition coefficient (Wildman–Crippen LogP) is 6.83. The third kappa shape index (κ3) is 13.5. The second-order valence-electron chi connectivity index (χ2n) is 9.32. The van der Waals surface area contributed by atoms with Gasteiger partial charge in [0.15, 0.2) is 0 Å². The molecule has 0 aromatic rings. The molecular formula is C26H46O5S. The van der Waals surface area contributed by atoms with Crippen molar-refractivity contribution in [2.75, 3.05) is 5.75 Å². The van der Waals surface area contributed by atoms with Gasteiger partial charge in [-0.25, -0.2) is 0 Å². The fourth-order valence-corrected chi connectivity index (χ4v) is 5.78. The van der Waals surface area contributed by atoms with E-state index in [2.05, 4.69) is 13.0 Å². The van der Waals surface area contributed by atoms with E-state index in [1.165, 1.54) is 88.8 Å². The molecule has 1 aliphatic carbocycles. The maximum absolute atomic E-state index is 11.1. The van der Waals surface area contributed by atoms with Crippen LogP contribution in [-0.2, 0) is 9.59 Å². The van der Waals surface area contributed by atoms with Crippen LogP contribution >= 0.6 is 11.8 Å². The molecule has 0 heterocycles. The zero-order valence-corrected chi connectivity index (χ0v) is 20.9. The van der Waals surface area contributed by atoms with Crippen molar-refractivity contribution < 1.29 is 24.9 Å². The lowest BCUT2D eigenvalue weighted by Crippen LogP contribution is -2.38. The van der Waals surface area contributed by atoms with E-state index in [0.717, 1.165) is 24.8 Å². The maximum atomic E-state index is 11.1. The van der Waals surface area contributed by atoms with Crippen LogP contribution < -0.4 is 0 Å². The summed E-state index contributed by atoms with van der Waals surface area (Å²) in [5.41, 5.74) is 1.10. The molecule has 0 saturated heterocycles. The monoisotopic (exact) mass is 470 g/mol. The average Bonchev–Trinajstić information content (AvgIpc) is 2.74.